The summed E-state index contributed by atoms with van der Waals surface area (Å²) in [6.45, 7) is 3.17. The first-order valence-electron chi connectivity index (χ1n) is 5.76. The van der Waals surface area contributed by atoms with Crippen LogP contribution in [0.2, 0.25) is 0 Å². The van der Waals surface area contributed by atoms with Gasteiger partial charge in [-0.05, 0) is 32.0 Å². The number of benzene rings is 1. The van der Waals surface area contributed by atoms with E-state index < -0.39 is 16.8 Å². The van der Waals surface area contributed by atoms with Crippen LogP contribution in [0, 0.1) is 22.9 Å². The minimum atomic E-state index is -0.585. The fourth-order valence-electron chi connectivity index (χ4n) is 2.04. The summed E-state index contributed by atoms with van der Waals surface area (Å²) in [4.78, 5) is 10.3. The maximum atomic E-state index is 13.9. The highest BCUT2D eigenvalue weighted by Crippen LogP contribution is 2.31. The molecule has 0 fully saturated rings. The molecule has 0 aliphatic rings. The van der Waals surface area contributed by atoms with Crippen LogP contribution in [-0.2, 0) is 0 Å². The predicted octanol–water partition coefficient (Wildman–Crippen LogP) is 3.19. The van der Waals surface area contributed by atoms with Crippen LogP contribution in [0.4, 0.5) is 15.9 Å². The SMILES string of the molecule is Cc1nn(C(C)c2cc(Br)ccc2F)c(N)c1[N+](=O)[O-]. The largest absolute Gasteiger partial charge is 0.378 e. The van der Waals surface area contributed by atoms with Crippen molar-refractivity contribution in [2.24, 2.45) is 0 Å². The molecule has 0 bridgehead atoms. The molecule has 1 atom stereocenters. The second-order valence-corrected chi connectivity index (χ2v) is 5.28. The number of nitrogens with two attached hydrogens (primary N) is 1. The minimum absolute atomic E-state index is 0.0839. The van der Waals surface area contributed by atoms with Crippen molar-refractivity contribution in [2.45, 2.75) is 19.9 Å². The number of nitrogens with zero attached hydrogens (tertiary/aromatic N) is 3. The summed E-state index contributed by atoms with van der Waals surface area (Å²) in [7, 11) is 0. The summed E-state index contributed by atoms with van der Waals surface area (Å²) in [5.41, 5.74) is 6.07. The molecule has 2 aromatic rings. The van der Waals surface area contributed by atoms with Crippen LogP contribution < -0.4 is 5.73 Å². The van der Waals surface area contributed by atoms with Crippen molar-refractivity contribution in [3.8, 4) is 0 Å². The summed E-state index contributed by atoms with van der Waals surface area (Å²) in [6, 6.07) is 3.94. The molecule has 0 radical (unpaired) electrons. The molecule has 0 amide bonds. The zero-order valence-electron chi connectivity index (χ0n) is 10.8. The number of nitro groups is 1. The van der Waals surface area contributed by atoms with Crippen molar-refractivity contribution in [3.05, 3.63) is 49.9 Å². The number of anilines is 1. The van der Waals surface area contributed by atoms with Gasteiger partial charge in [0.2, 0.25) is 5.82 Å². The topological polar surface area (TPSA) is 87.0 Å². The van der Waals surface area contributed by atoms with Gasteiger partial charge in [0.1, 0.15) is 11.5 Å². The van der Waals surface area contributed by atoms with E-state index in [0.29, 0.717) is 10.0 Å². The van der Waals surface area contributed by atoms with Crippen molar-refractivity contribution in [2.75, 3.05) is 5.73 Å². The van der Waals surface area contributed by atoms with E-state index in [2.05, 4.69) is 21.0 Å². The first-order valence-corrected chi connectivity index (χ1v) is 6.56. The van der Waals surface area contributed by atoms with Crippen molar-refractivity contribution >= 4 is 27.4 Å². The van der Waals surface area contributed by atoms with E-state index in [1.165, 1.54) is 17.7 Å². The lowest BCUT2D eigenvalue weighted by molar-refractivity contribution is -0.384. The Labute approximate surface area is 122 Å². The molecule has 0 spiro atoms. The van der Waals surface area contributed by atoms with Crippen molar-refractivity contribution in [1.82, 2.24) is 9.78 Å². The maximum absolute atomic E-state index is 13.9. The van der Waals surface area contributed by atoms with Gasteiger partial charge in [-0.15, -0.1) is 0 Å². The number of halogens is 2. The molecule has 1 unspecified atom stereocenters. The number of aryl methyl sites for hydroxylation is 1. The Kier molecular flexibility index (Phi) is 3.76. The molecular formula is C12H12BrFN4O2. The van der Waals surface area contributed by atoms with Gasteiger partial charge in [0.15, 0.2) is 0 Å². The predicted molar refractivity (Wildman–Crippen MR) is 75.9 cm³/mol. The molecule has 106 valence electrons. The Hall–Kier alpha value is -1.96. The van der Waals surface area contributed by atoms with Gasteiger partial charge in [-0.1, -0.05) is 15.9 Å². The van der Waals surface area contributed by atoms with Gasteiger partial charge in [-0.25, -0.2) is 9.07 Å². The van der Waals surface area contributed by atoms with Crippen LogP contribution in [0.25, 0.3) is 0 Å². The summed E-state index contributed by atoms with van der Waals surface area (Å²) in [5, 5.41) is 15.0. The zero-order valence-corrected chi connectivity index (χ0v) is 12.4. The fraction of sp³-hybridized carbons (Fsp3) is 0.250. The fourth-order valence-corrected chi connectivity index (χ4v) is 2.42. The van der Waals surface area contributed by atoms with Crippen LogP contribution in [0.5, 0.6) is 0 Å². The molecule has 2 rings (SSSR count). The molecule has 0 saturated carbocycles. The molecule has 1 aromatic carbocycles. The van der Waals surface area contributed by atoms with E-state index in [0.717, 1.165) is 0 Å². The third kappa shape index (κ3) is 2.38. The van der Waals surface area contributed by atoms with Crippen molar-refractivity contribution < 1.29 is 9.31 Å². The summed E-state index contributed by atoms with van der Waals surface area (Å²) in [5.74, 6) is -0.504. The zero-order chi connectivity index (χ0) is 15.0. The number of rotatable bonds is 3. The van der Waals surface area contributed by atoms with Crippen LogP contribution in [0.15, 0.2) is 22.7 Å². The maximum Gasteiger partial charge on any atom is 0.333 e. The molecule has 1 aromatic heterocycles. The van der Waals surface area contributed by atoms with E-state index in [1.807, 2.05) is 0 Å². The average molecular weight is 343 g/mol. The van der Waals surface area contributed by atoms with E-state index in [4.69, 9.17) is 5.73 Å². The second kappa shape index (κ2) is 5.20. The number of aromatic nitrogens is 2. The highest BCUT2D eigenvalue weighted by Gasteiger charge is 2.26. The molecule has 0 aliphatic heterocycles. The Bertz CT molecular complexity index is 686. The molecule has 6 nitrogen and oxygen atoms in total. The lowest BCUT2D eigenvalue weighted by Gasteiger charge is -2.15. The summed E-state index contributed by atoms with van der Waals surface area (Å²) in [6.07, 6.45) is 0. The first kappa shape index (κ1) is 14.4. The third-order valence-electron chi connectivity index (χ3n) is 3.05. The van der Waals surface area contributed by atoms with Gasteiger partial charge in [0.25, 0.3) is 0 Å². The van der Waals surface area contributed by atoms with Gasteiger partial charge in [0.05, 0.1) is 11.0 Å². The van der Waals surface area contributed by atoms with Crippen molar-refractivity contribution in [3.63, 3.8) is 0 Å². The van der Waals surface area contributed by atoms with E-state index in [1.54, 1.807) is 19.1 Å². The molecule has 20 heavy (non-hydrogen) atoms. The quantitative estimate of drug-likeness (QED) is 0.685. The van der Waals surface area contributed by atoms with Crippen LogP contribution in [0.3, 0.4) is 0 Å². The van der Waals surface area contributed by atoms with Gasteiger partial charge in [0, 0.05) is 10.0 Å². The smallest absolute Gasteiger partial charge is 0.333 e. The van der Waals surface area contributed by atoms with Crippen LogP contribution >= 0.6 is 15.9 Å². The van der Waals surface area contributed by atoms with Gasteiger partial charge in [-0.3, -0.25) is 10.1 Å². The normalized spacial score (nSPS) is 12.4. The molecular weight excluding hydrogens is 331 g/mol. The number of hydrogen-bond acceptors (Lipinski definition) is 4. The Morgan fingerprint density at radius 2 is 2.20 bits per heavy atom. The van der Waals surface area contributed by atoms with Crippen LogP contribution in [0.1, 0.15) is 24.2 Å². The third-order valence-corrected chi connectivity index (χ3v) is 3.54. The van der Waals surface area contributed by atoms with E-state index in [-0.39, 0.29) is 17.2 Å². The molecule has 8 heteroatoms. The van der Waals surface area contributed by atoms with Crippen LogP contribution in [-0.4, -0.2) is 14.7 Å². The minimum Gasteiger partial charge on any atom is -0.378 e. The average Bonchev–Trinajstić information content (AvgIpc) is 2.67. The van der Waals surface area contributed by atoms with Crippen molar-refractivity contribution in [1.29, 1.82) is 0 Å². The van der Waals surface area contributed by atoms with Gasteiger partial charge >= 0.3 is 5.69 Å². The standard InChI is InChI=1S/C12H12BrFN4O2/c1-6-11(18(19)20)12(15)17(16-6)7(2)9-5-8(13)3-4-10(9)14/h3-5,7H,15H2,1-2H3. The Balaban J connectivity index is 2.54. The van der Waals surface area contributed by atoms with E-state index >= 15 is 0 Å². The lowest BCUT2D eigenvalue weighted by atomic mass is 10.1. The molecule has 1 heterocycles. The molecule has 2 N–H and O–H groups in total. The monoisotopic (exact) mass is 342 g/mol. The van der Waals surface area contributed by atoms with Gasteiger partial charge in [-0.2, -0.15) is 5.10 Å². The highest BCUT2D eigenvalue weighted by atomic mass is 79.9. The van der Waals surface area contributed by atoms with Gasteiger partial charge < -0.3 is 5.73 Å². The number of nitrogen functional groups attached to an aromatic ring is 1. The highest BCUT2D eigenvalue weighted by molar-refractivity contribution is 9.10. The number of hydrogen-bond donors (Lipinski definition) is 1. The first-order chi connectivity index (χ1) is 9.32. The second-order valence-electron chi connectivity index (χ2n) is 4.36. The van der Waals surface area contributed by atoms with E-state index in [9.17, 15) is 14.5 Å². The molecule has 0 aliphatic carbocycles. The Morgan fingerprint density at radius 1 is 1.55 bits per heavy atom. The lowest BCUT2D eigenvalue weighted by Crippen LogP contribution is -2.13. The summed E-state index contributed by atoms with van der Waals surface area (Å²) >= 11 is 3.26. The molecule has 0 saturated heterocycles. The Morgan fingerprint density at radius 3 is 2.75 bits per heavy atom. The summed E-state index contributed by atoms with van der Waals surface area (Å²) < 4.78 is 15.8.